The van der Waals surface area contributed by atoms with Gasteiger partial charge in [-0.3, -0.25) is 0 Å². The molecular formula is C15H24O. The number of hydrogen-bond donors (Lipinski definition) is 1. The summed E-state index contributed by atoms with van der Waals surface area (Å²) in [6, 6.07) is 8.31. The van der Waals surface area contributed by atoms with E-state index in [2.05, 4.69) is 53.7 Å². The Bertz CT molecular complexity index is 335. The first-order valence-corrected chi connectivity index (χ1v) is 5.91. The molecule has 0 radical (unpaired) electrons. The number of benzene rings is 1. The van der Waals surface area contributed by atoms with Gasteiger partial charge in [0, 0.05) is 0 Å². The van der Waals surface area contributed by atoms with Crippen molar-refractivity contribution in [3.05, 3.63) is 35.4 Å². The molecule has 1 heteroatoms. The van der Waals surface area contributed by atoms with Gasteiger partial charge < -0.3 is 5.11 Å². The Labute approximate surface area is 99.5 Å². The molecule has 0 fully saturated rings. The molecule has 0 aliphatic rings. The van der Waals surface area contributed by atoms with Crippen molar-refractivity contribution in [2.24, 2.45) is 5.41 Å². The van der Waals surface area contributed by atoms with Crippen molar-refractivity contribution < 1.29 is 5.11 Å². The first-order chi connectivity index (χ1) is 7.12. The van der Waals surface area contributed by atoms with Crippen LogP contribution >= 0.6 is 0 Å². The molecule has 0 bridgehead atoms. The zero-order valence-electron chi connectivity index (χ0n) is 11.3. The zero-order valence-corrected chi connectivity index (χ0v) is 11.3. The summed E-state index contributed by atoms with van der Waals surface area (Å²) in [4.78, 5) is 0. The number of aliphatic hydroxyl groups excluding tert-OH is 1. The summed E-state index contributed by atoms with van der Waals surface area (Å²) in [7, 11) is 0. The molecule has 1 aromatic rings. The second-order valence-electron chi connectivity index (χ2n) is 6.64. The van der Waals surface area contributed by atoms with Crippen LogP contribution in [0.5, 0.6) is 0 Å². The van der Waals surface area contributed by atoms with Gasteiger partial charge in [-0.15, -0.1) is 0 Å². The Morgan fingerprint density at radius 3 is 1.62 bits per heavy atom. The van der Waals surface area contributed by atoms with Gasteiger partial charge in [-0.2, -0.15) is 0 Å². The van der Waals surface area contributed by atoms with E-state index < -0.39 is 6.10 Å². The van der Waals surface area contributed by atoms with Crippen molar-refractivity contribution in [2.45, 2.75) is 53.1 Å². The third-order valence-corrected chi connectivity index (χ3v) is 2.91. The Hall–Kier alpha value is -0.820. The highest BCUT2D eigenvalue weighted by atomic mass is 16.3. The average molecular weight is 220 g/mol. The topological polar surface area (TPSA) is 20.2 Å². The Morgan fingerprint density at radius 1 is 0.875 bits per heavy atom. The molecule has 0 saturated heterocycles. The highest BCUT2D eigenvalue weighted by molar-refractivity contribution is 5.29. The van der Waals surface area contributed by atoms with Crippen molar-refractivity contribution in [1.29, 1.82) is 0 Å². The average Bonchev–Trinajstić information content (AvgIpc) is 2.14. The number of hydrogen-bond acceptors (Lipinski definition) is 1. The monoisotopic (exact) mass is 220 g/mol. The molecule has 0 saturated carbocycles. The van der Waals surface area contributed by atoms with Crippen molar-refractivity contribution in [2.75, 3.05) is 0 Å². The van der Waals surface area contributed by atoms with E-state index in [0.29, 0.717) is 0 Å². The van der Waals surface area contributed by atoms with E-state index >= 15 is 0 Å². The van der Waals surface area contributed by atoms with Gasteiger partial charge in [0.05, 0.1) is 6.10 Å². The molecule has 1 aromatic carbocycles. The van der Waals surface area contributed by atoms with Crippen molar-refractivity contribution in [3.8, 4) is 0 Å². The minimum Gasteiger partial charge on any atom is -0.388 e. The second-order valence-corrected chi connectivity index (χ2v) is 6.64. The van der Waals surface area contributed by atoms with E-state index in [1.165, 1.54) is 5.56 Å². The lowest BCUT2D eigenvalue weighted by Crippen LogP contribution is -2.18. The predicted octanol–water partition coefficient (Wildman–Crippen LogP) is 4.06. The fourth-order valence-electron chi connectivity index (χ4n) is 1.67. The minimum atomic E-state index is -0.401. The maximum Gasteiger partial charge on any atom is 0.0838 e. The summed E-state index contributed by atoms with van der Waals surface area (Å²) in [5.74, 6) is 0. The summed E-state index contributed by atoms with van der Waals surface area (Å²) >= 11 is 0. The summed E-state index contributed by atoms with van der Waals surface area (Å²) < 4.78 is 0. The van der Waals surface area contributed by atoms with E-state index in [1.807, 2.05) is 12.1 Å². The Balaban J connectivity index is 2.96. The van der Waals surface area contributed by atoms with Crippen LogP contribution in [-0.4, -0.2) is 5.11 Å². The van der Waals surface area contributed by atoms with Crippen molar-refractivity contribution in [3.63, 3.8) is 0 Å². The first-order valence-electron chi connectivity index (χ1n) is 5.91. The lowest BCUT2D eigenvalue weighted by atomic mass is 9.82. The maximum atomic E-state index is 10.2. The number of rotatable bonds is 1. The molecule has 90 valence electrons. The van der Waals surface area contributed by atoms with Crippen LogP contribution in [0.4, 0.5) is 0 Å². The van der Waals surface area contributed by atoms with Crippen molar-refractivity contribution in [1.82, 2.24) is 0 Å². The molecule has 0 aromatic heterocycles. The summed E-state index contributed by atoms with van der Waals surface area (Å²) in [5.41, 5.74) is 2.37. The fourth-order valence-corrected chi connectivity index (χ4v) is 1.67. The van der Waals surface area contributed by atoms with Gasteiger partial charge >= 0.3 is 0 Å². The molecule has 1 unspecified atom stereocenters. The zero-order chi connectivity index (χ0) is 12.6. The minimum absolute atomic E-state index is 0.108. The summed E-state index contributed by atoms with van der Waals surface area (Å²) in [6.07, 6.45) is -0.401. The molecular weight excluding hydrogens is 196 g/mol. The molecule has 16 heavy (non-hydrogen) atoms. The van der Waals surface area contributed by atoms with Crippen LogP contribution < -0.4 is 0 Å². The quantitative estimate of drug-likeness (QED) is 0.756. The number of aliphatic hydroxyl groups is 1. The third-order valence-electron chi connectivity index (χ3n) is 2.91. The van der Waals surface area contributed by atoms with Crippen LogP contribution in [0.3, 0.4) is 0 Å². The van der Waals surface area contributed by atoms with Gasteiger partial charge in [0.25, 0.3) is 0 Å². The lowest BCUT2D eigenvalue weighted by molar-refractivity contribution is 0.0626. The molecule has 0 spiro atoms. The molecule has 1 atom stereocenters. The Morgan fingerprint density at radius 2 is 1.31 bits per heavy atom. The largest absolute Gasteiger partial charge is 0.388 e. The van der Waals surface area contributed by atoms with Gasteiger partial charge in [-0.05, 0) is 22.0 Å². The second kappa shape index (κ2) is 4.21. The molecule has 1 nitrogen and oxygen atoms in total. The fraction of sp³-hybridized carbons (Fsp3) is 0.600. The molecule has 0 heterocycles. The summed E-state index contributed by atoms with van der Waals surface area (Å²) in [6.45, 7) is 12.7. The standard InChI is InChI=1S/C15H24O/c1-14(2,3)12-9-7-11(8-10-12)13(16)15(4,5)6/h7-10,13,16H,1-6H3. The van der Waals surface area contributed by atoms with Crippen LogP contribution in [0, 0.1) is 5.41 Å². The third kappa shape index (κ3) is 3.08. The normalized spacial score (nSPS) is 14.9. The lowest BCUT2D eigenvalue weighted by Gasteiger charge is -2.27. The highest BCUT2D eigenvalue weighted by Gasteiger charge is 2.24. The van der Waals surface area contributed by atoms with E-state index in [-0.39, 0.29) is 10.8 Å². The van der Waals surface area contributed by atoms with Gasteiger partial charge in [0.15, 0.2) is 0 Å². The molecule has 0 aliphatic carbocycles. The summed E-state index contributed by atoms with van der Waals surface area (Å²) in [5, 5.41) is 10.2. The SMILES string of the molecule is CC(C)(C)c1ccc(C(O)C(C)(C)C)cc1. The van der Waals surface area contributed by atoms with E-state index in [0.717, 1.165) is 5.56 Å². The molecule has 0 aliphatic heterocycles. The van der Waals surface area contributed by atoms with E-state index in [1.54, 1.807) is 0 Å². The maximum absolute atomic E-state index is 10.2. The van der Waals surface area contributed by atoms with E-state index in [9.17, 15) is 5.11 Å². The van der Waals surface area contributed by atoms with Gasteiger partial charge in [-0.1, -0.05) is 65.8 Å². The van der Waals surface area contributed by atoms with Crippen molar-refractivity contribution >= 4 is 0 Å². The van der Waals surface area contributed by atoms with Crippen LogP contribution in [0.15, 0.2) is 24.3 Å². The van der Waals surface area contributed by atoms with Gasteiger partial charge in [-0.25, -0.2) is 0 Å². The first kappa shape index (κ1) is 13.2. The predicted molar refractivity (Wildman–Crippen MR) is 69.6 cm³/mol. The van der Waals surface area contributed by atoms with E-state index in [4.69, 9.17) is 0 Å². The van der Waals surface area contributed by atoms with Gasteiger partial charge in [0.1, 0.15) is 0 Å². The van der Waals surface area contributed by atoms with Crippen LogP contribution in [0.2, 0.25) is 0 Å². The molecule has 0 amide bonds. The molecule has 1 N–H and O–H groups in total. The van der Waals surface area contributed by atoms with Crippen LogP contribution in [-0.2, 0) is 5.41 Å². The smallest absolute Gasteiger partial charge is 0.0838 e. The Kier molecular flexibility index (Phi) is 3.49. The highest BCUT2D eigenvalue weighted by Crippen LogP contribution is 2.33. The van der Waals surface area contributed by atoms with Crippen LogP contribution in [0.1, 0.15) is 58.8 Å². The van der Waals surface area contributed by atoms with Crippen LogP contribution in [0.25, 0.3) is 0 Å². The van der Waals surface area contributed by atoms with Gasteiger partial charge in [0.2, 0.25) is 0 Å². The molecule has 1 rings (SSSR count).